The van der Waals surface area contributed by atoms with E-state index >= 15 is 0 Å². The van der Waals surface area contributed by atoms with Crippen LogP contribution in [0.5, 0.6) is 23.0 Å². The average molecular weight is 788 g/mol. The second-order valence-corrected chi connectivity index (χ2v) is 13.2. The van der Waals surface area contributed by atoms with E-state index in [0.29, 0.717) is 17.1 Å². The number of aromatic hydroxyl groups is 1. The summed E-state index contributed by atoms with van der Waals surface area (Å²) in [4.78, 5) is 22.2. The van der Waals surface area contributed by atoms with Crippen molar-refractivity contribution in [2.75, 3.05) is 63.0 Å². The van der Waals surface area contributed by atoms with Crippen LogP contribution in [-0.4, -0.2) is 69.3 Å². The molecule has 19 heteroatoms. The maximum Gasteiger partial charge on any atom is 0.530 e. The molecule has 0 saturated heterocycles. The number of benzene rings is 2. The standard InChI is InChI=1S/C15H19ClNO6P.C9H10ClNO3.C6H10ClO3P/c1-4-8-21-24(19,22-9-5-2)23-13-7-6-12(10-14(13)20-3)17-15(18)11-16;1-14-8-4-6(2-3-7(8)12)11-9(13)5-10;1-3-5-9-11(7,8)10-6-4-2/h4-7,10H,1-2,8-9,11H2,3H3,(H,17,18);2-4,12H,5H2,1H3,(H,11,13);3-4H,1-2,5-6H2. The number of carbonyl (C=O) groups excluding carboxylic acids is 2. The van der Waals surface area contributed by atoms with Crippen molar-refractivity contribution in [3.8, 4) is 23.0 Å². The van der Waals surface area contributed by atoms with E-state index < -0.39 is 14.8 Å². The van der Waals surface area contributed by atoms with Crippen molar-refractivity contribution in [3.05, 3.63) is 87.0 Å². The summed E-state index contributed by atoms with van der Waals surface area (Å²) in [5.74, 6) is -0.288. The Morgan fingerprint density at radius 2 is 1.12 bits per heavy atom. The predicted octanol–water partition coefficient (Wildman–Crippen LogP) is 8.08. The van der Waals surface area contributed by atoms with E-state index in [9.17, 15) is 23.8 Å². The summed E-state index contributed by atoms with van der Waals surface area (Å²) >= 11 is 16.1. The van der Waals surface area contributed by atoms with Gasteiger partial charge < -0.3 is 29.7 Å². The molecule has 0 saturated carbocycles. The molecule has 0 spiro atoms. The number of methoxy groups -OCH3 is 2. The molecule has 0 aromatic heterocycles. The first kappa shape index (κ1) is 45.7. The van der Waals surface area contributed by atoms with Crippen molar-refractivity contribution in [1.29, 1.82) is 0 Å². The van der Waals surface area contributed by atoms with Crippen molar-refractivity contribution in [3.63, 3.8) is 0 Å². The largest absolute Gasteiger partial charge is 0.530 e. The van der Waals surface area contributed by atoms with Gasteiger partial charge in [-0.3, -0.25) is 27.7 Å². The summed E-state index contributed by atoms with van der Waals surface area (Å²) in [6.07, 6.45) is 5.70. The van der Waals surface area contributed by atoms with Crippen LogP contribution in [0.3, 0.4) is 0 Å². The smallest absolute Gasteiger partial charge is 0.504 e. The van der Waals surface area contributed by atoms with E-state index in [1.807, 2.05) is 0 Å². The maximum atomic E-state index is 12.6. The third-order valence-corrected chi connectivity index (χ3v) is 8.09. The van der Waals surface area contributed by atoms with E-state index in [4.69, 9.17) is 57.5 Å². The number of ether oxygens (including phenoxy) is 2. The van der Waals surface area contributed by atoms with Crippen LogP contribution in [0, 0.1) is 0 Å². The van der Waals surface area contributed by atoms with Gasteiger partial charge in [-0.1, -0.05) is 24.3 Å². The fourth-order valence-electron chi connectivity index (χ4n) is 2.78. The molecule has 2 aromatic rings. The SMILES string of the molecule is C=CCOP(=O)(Cl)OCC=C.C=CCOP(=O)(OCC=C)Oc1ccc(NC(=O)CCl)cc1OC.COc1cc(NC(=O)CCl)ccc1O. The summed E-state index contributed by atoms with van der Waals surface area (Å²) in [5.41, 5.74) is 0.976. The lowest BCUT2D eigenvalue weighted by atomic mass is 10.3. The van der Waals surface area contributed by atoms with Crippen LogP contribution >= 0.6 is 49.2 Å². The van der Waals surface area contributed by atoms with Gasteiger partial charge in [0.05, 0.1) is 40.6 Å². The van der Waals surface area contributed by atoms with E-state index in [1.165, 1.54) is 68.9 Å². The molecule has 2 rings (SSSR count). The van der Waals surface area contributed by atoms with Gasteiger partial charge in [-0.15, -0.1) is 49.5 Å². The third-order valence-electron chi connectivity index (χ3n) is 4.76. The van der Waals surface area contributed by atoms with Crippen LogP contribution in [0.1, 0.15) is 0 Å². The molecular weight excluding hydrogens is 749 g/mol. The Kier molecular flexibility index (Phi) is 23.9. The Balaban J connectivity index is 0.000000779. The van der Waals surface area contributed by atoms with Gasteiger partial charge in [0.1, 0.15) is 11.8 Å². The molecule has 49 heavy (non-hydrogen) atoms. The minimum atomic E-state index is -3.89. The van der Waals surface area contributed by atoms with Crippen molar-refractivity contribution >= 4 is 72.4 Å². The van der Waals surface area contributed by atoms with Gasteiger partial charge in [0.15, 0.2) is 23.0 Å². The Bertz CT molecular complexity index is 1450. The first-order valence-electron chi connectivity index (χ1n) is 13.6. The lowest BCUT2D eigenvalue weighted by Crippen LogP contribution is -2.12. The van der Waals surface area contributed by atoms with E-state index in [-0.39, 0.29) is 67.3 Å². The number of hydrogen-bond acceptors (Lipinski definition) is 12. The number of halogens is 3. The molecule has 0 aliphatic rings. The first-order chi connectivity index (χ1) is 23.3. The number of nitrogens with one attached hydrogen (secondary N) is 2. The zero-order valence-corrected chi connectivity index (χ0v) is 30.9. The lowest BCUT2D eigenvalue weighted by Gasteiger charge is -2.19. The predicted molar refractivity (Wildman–Crippen MR) is 193 cm³/mol. The number of rotatable bonds is 20. The average Bonchev–Trinajstić information content (AvgIpc) is 3.10. The monoisotopic (exact) mass is 786 g/mol. The van der Waals surface area contributed by atoms with Crippen LogP contribution in [0.2, 0.25) is 0 Å². The summed E-state index contributed by atoms with van der Waals surface area (Å²) < 4.78 is 58.4. The van der Waals surface area contributed by atoms with Gasteiger partial charge in [0.25, 0.3) is 0 Å². The van der Waals surface area contributed by atoms with E-state index in [1.54, 1.807) is 6.07 Å². The number of alkyl halides is 2. The molecule has 3 N–H and O–H groups in total. The number of phenols is 1. The van der Waals surface area contributed by atoms with Crippen LogP contribution in [0.4, 0.5) is 11.4 Å². The number of carbonyl (C=O) groups is 2. The number of phosphoric ester groups is 1. The Morgan fingerprint density at radius 1 is 0.714 bits per heavy atom. The first-order valence-corrected chi connectivity index (χ1v) is 18.6. The fraction of sp³-hybridized carbons (Fsp3) is 0.267. The minimum absolute atomic E-state index is 0.0244. The molecule has 0 bridgehead atoms. The Morgan fingerprint density at radius 3 is 1.53 bits per heavy atom. The second-order valence-electron chi connectivity index (χ2n) is 8.42. The van der Waals surface area contributed by atoms with Crippen molar-refractivity contribution in [2.24, 2.45) is 0 Å². The van der Waals surface area contributed by atoms with Crippen molar-refractivity contribution in [1.82, 2.24) is 0 Å². The second kappa shape index (κ2) is 25.6. The number of phenolic OH excluding ortho intramolecular Hbond substituents is 1. The molecule has 0 unspecified atom stereocenters. The lowest BCUT2D eigenvalue weighted by molar-refractivity contribution is -0.114. The van der Waals surface area contributed by atoms with Gasteiger partial charge in [-0.2, -0.15) is 0 Å². The molecular formula is C30H39Cl3N2O12P2. The quantitative estimate of drug-likeness (QED) is 0.0510. The summed E-state index contributed by atoms with van der Waals surface area (Å²) in [6, 6.07) is 8.99. The molecule has 2 aromatic carbocycles. The van der Waals surface area contributed by atoms with E-state index in [0.717, 1.165) is 0 Å². The number of anilines is 2. The summed E-state index contributed by atoms with van der Waals surface area (Å²) in [7, 11) is -1.06. The Labute approximate surface area is 300 Å². The molecule has 2 amide bonds. The highest BCUT2D eigenvalue weighted by Gasteiger charge is 2.29. The summed E-state index contributed by atoms with van der Waals surface area (Å²) in [5, 5.41) is 14.4. The number of hydrogen-bond donors (Lipinski definition) is 3. The van der Waals surface area contributed by atoms with Gasteiger partial charge in [-0.25, -0.2) is 9.13 Å². The number of amides is 2. The van der Waals surface area contributed by atoms with Crippen LogP contribution < -0.4 is 24.6 Å². The van der Waals surface area contributed by atoms with Crippen LogP contribution in [-0.2, 0) is 36.8 Å². The molecule has 272 valence electrons. The topological polar surface area (TPSA) is 177 Å². The molecule has 0 aliphatic heterocycles. The van der Waals surface area contributed by atoms with E-state index in [2.05, 4.69) is 46.0 Å². The molecule has 0 aliphatic carbocycles. The van der Waals surface area contributed by atoms with Crippen LogP contribution in [0.15, 0.2) is 87.0 Å². The van der Waals surface area contributed by atoms with Gasteiger partial charge in [0.2, 0.25) is 11.8 Å². The molecule has 0 fully saturated rings. The van der Waals surface area contributed by atoms with Crippen molar-refractivity contribution < 1.29 is 55.9 Å². The number of phosphoric acid groups is 1. The maximum absolute atomic E-state index is 12.6. The molecule has 0 heterocycles. The fourth-order valence-corrected chi connectivity index (χ4v) is 5.04. The highest BCUT2D eigenvalue weighted by molar-refractivity contribution is 7.81. The normalized spacial score (nSPS) is 10.5. The van der Waals surface area contributed by atoms with Crippen molar-refractivity contribution in [2.45, 2.75) is 0 Å². The highest BCUT2D eigenvalue weighted by Crippen LogP contribution is 2.53. The zero-order valence-electron chi connectivity index (χ0n) is 26.8. The van der Waals surface area contributed by atoms with Gasteiger partial charge in [0, 0.05) is 34.7 Å². The van der Waals surface area contributed by atoms with Crippen LogP contribution in [0.25, 0.3) is 0 Å². The summed E-state index contributed by atoms with van der Waals surface area (Å²) in [6.45, 7) is 10.5. The minimum Gasteiger partial charge on any atom is -0.504 e. The molecule has 0 atom stereocenters. The molecule has 14 nitrogen and oxygen atoms in total. The molecule has 0 radical (unpaired) electrons. The Hall–Kier alpha value is -3.29. The van der Waals surface area contributed by atoms with Gasteiger partial charge in [-0.05, 0) is 24.3 Å². The third kappa shape index (κ3) is 20.1. The van der Waals surface area contributed by atoms with Gasteiger partial charge >= 0.3 is 14.8 Å². The highest BCUT2D eigenvalue weighted by atomic mass is 35.7. The zero-order chi connectivity index (χ0) is 37.3.